The molecule has 0 radical (unpaired) electrons. The molecule has 3 nitrogen and oxygen atoms in total. The molecule has 1 unspecified atom stereocenters. The molecule has 1 saturated heterocycles. The maximum Gasteiger partial charge on any atom is 0.242 e. The van der Waals surface area contributed by atoms with E-state index in [2.05, 4.69) is 30.3 Å². The number of nitrogens with zero attached hydrogens (tertiary/aromatic N) is 1. The number of amides is 1. The fourth-order valence-corrected chi connectivity index (χ4v) is 3.84. The molecule has 122 valence electrons. The molecule has 0 spiro atoms. The SMILES string of the molecule is Cl.NC1(C(=O)N2CCC(Cc3ccccc3)C2)CCCCC1. The highest BCUT2D eigenvalue weighted by Crippen LogP contribution is 2.30. The van der Waals surface area contributed by atoms with Gasteiger partial charge in [-0.15, -0.1) is 12.4 Å². The topological polar surface area (TPSA) is 46.3 Å². The minimum atomic E-state index is -0.570. The van der Waals surface area contributed by atoms with Crippen molar-refractivity contribution in [3.05, 3.63) is 35.9 Å². The number of benzene rings is 1. The van der Waals surface area contributed by atoms with Crippen molar-refractivity contribution >= 4 is 18.3 Å². The van der Waals surface area contributed by atoms with Crippen LogP contribution in [0.5, 0.6) is 0 Å². The van der Waals surface area contributed by atoms with Gasteiger partial charge in [0.15, 0.2) is 0 Å². The normalized spacial score (nSPS) is 23.9. The second kappa shape index (κ2) is 7.47. The summed E-state index contributed by atoms with van der Waals surface area (Å²) >= 11 is 0. The van der Waals surface area contributed by atoms with Crippen LogP contribution in [0.4, 0.5) is 0 Å². The number of nitrogens with two attached hydrogens (primary N) is 1. The molecule has 3 rings (SSSR count). The first kappa shape index (κ1) is 17.3. The van der Waals surface area contributed by atoms with Crippen LogP contribution in [0.2, 0.25) is 0 Å². The van der Waals surface area contributed by atoms with Gasteiger partial charge in [0.2, 0.25) is 5.91 Å². The summed E-state index contributed by atoms with van der Waals surface area (Å²) in [6.07, 6.45) is 7.34. The summed E-state index contributed by atoms with van der Waals surface area (Å²) in [6, 6.07) is 10.6. The van der Waals surface area contributed by atoms with E-state index in [-0.39, 0.29) is 18.3 Å². The smallest absolute Gasteiger partial charge is 0.242 e. The number of likely N-dealkylation sites (tertiary alicyclic amines) is 1. The summed E-state index contributed by atoms with van der Waals surface area (Å²) < 4.78 is 0. The molecule has 22 heavy (non-hydrogen) atoms. The number of halogens is 1. The van der Waals surface area contributed by atoms with Crippen molar-refractivity contribution < 1.29 is 4.79 Å². The average Bonchev–Trinajstić information content (AvgIpc) is 2.96. The third kappa shape index (κ3) is 3.82. The van der Waals surface area contributed by atoms with Crippen molar-refractivity contribution in [3.63, 3.8) is 0 Å². The number of hydrogen-bond acceptors (Lipinski definition) is 2. The number of hydrogen-bond donors (Lipinski definition) is 1. The molecular weight excluding hydrogens is 296 g/mol. The van der Waals surface area contributed by atoms with E-state index in [9.17, 15) is 4.79 Å². The number of carbonyl (C=O) groups excluding carboxylic acids is 1. The fraction of sp³-hybridized carbons (Fsp3) is 0.611. The average molecular weight is 323 g/mol. The molecule has 0 aromatic heterocycles. The predicted molar refractivity (Wildman–Crippen MR) is 92.1 cm³/mol. The van der Waals surface area contributed by atoms with Gasteiger partial charge in [0.1, 0.15) is 0 Å². The largest absolute Gasteiger partial charge is 0.341 e. The fourth-order valence-electron chi connectivity index (χ4n) is 3.84. The minimum Gasteiger partial charge on any atom is -0.341 e. The van der Waals surface area contributed by atoms with E-state index in [1.807, 2.05) is 4.90 Å². The van der Waals surface area contributed by atoms with Crippen LogP contribution in [0, 0.1) is 5.92 Å². The molecule has 1 amide bonds. The van der Waals surface area contributed by atoms with E-state index in [0.29, 0.717) is 5.92 Å². The van der Waals surface area contributed by atoms with Crippen molar-refractivity contribution in [2.45, 2.75) is 50.5 Å². The van der Waals surface area contributed by atoms with Gasteiger partial charge in [0.05, 0.1) is 5.54 Å². The highest BCUT2D eigenvalue weighted by Gasteiger charge is 2.40. The molecule has 1 aliphatic carbocycles. The summed E-state index contributed by atoms with van der Waals surface area (Å²) in [5.41, 5.74) is 7.19. The maximum absolute atomic E-state index is 12.7. The van der Waals surface area contributed by atoms with Crippen LogP contribution in [0.3, 0.4) is 0 Å². The van der Waals surface area contributed by atoms with Crippen molar-refractivity contribution in [2.75, 3.05) is 13.1 Å². The Morgan fingerprint density at radius 2 is 1.86 bits per heavy atom. The lowest BCUT2D eigenvalue weighted by Gasteiger charge is -2.35. The maximum atomic E-state index is 12.7. The summed E-state index contributed by atoms with van der Waals surface area (Å²) in [6.45, 7) is 1.77. The second-order valence-electron chi connectivity index (χ2n) is 6.81. The lowest BCUT2D eigenvalue weighted by atomic mass is 9.81. The third-order valence-electron chi connectivity index (χ3n) is 5.11. The van der Waals surface area contributed by atoms with E-state index in [0.717, 1.165) is 51.6 Å². The molecule has 1 saturated carbocycles. The zero-order valence-electron chi connectivity index (χ0n) is 13.2. The Labute approximate surface area is 139 Å². The monoisotopic (exact) mass is 322 g/mol. The minimum absolute atomic E-state index is 0. The highest BCUT2D eigenvalue weighted by atomic mass is 35.5. The van der Waals surface area contributed by atoms with Crippen molar-refractivity contribution in [2.24, 2.45) is 11.7 Å². The Balaban J connectivity index is 0.00000176. The van der Waals surface area contributed by atoms with Crippen LogP contribution < -0.4 is 5.73 Å². The van der Waals surface area contributed by atoms with Crippen LogP contribution in [-0.2, 0) is 11.2 Å². The van der Waals surface area contributed by atoms with E-state index >= 15 is 0 Å². The van der Waals surface area contributed by atoms with Gasteiger partial charge in [-0.2, -0.15) is 0 Å². The van der Waals surface area contributed by atoms with E-state index in [4.69, 9.17) is 5.73 Å². The summed E-state index contributed by atoms with van der Waals surface area (Å²) in [7, 11) is 0. The molecule has 1 aliphatic heterocycles. The first-order valence-electron chi connectivity index (χ1n) is 8.29. The van der Waals surface area contributed by atoms with Crippen LogP contribution in [0.1, 0.15) is 44.1 Å². The predicted octanol–water partition coefficient (Wildman–Crippen LogP) is 3.16. The van der Waals surface area contributed by atoms with Crippen molar-refractivity contribution in [1.82, 2.24) is 4.90 Å². The van der Waals surface area contributed by atoms with Crippen LogP contribution in [-0.4, -0.2) is 29.4 Å². The van der Waals surface area contributed by atoms with Gasteiger partial charge >= 0.3 is 0 Å². The van der Waals surface area contributed by atoms with Gasteiger partial charge in [-0.3, -0.25) is 4.79 Å². The summed E-state index contributed by atoms with van der Waals surface area (Å²) in [5, 5.41) is 0. The lowest BCUT2D eigenvalue weighted by molar-refractivity contribution is -0.137. The Morgan fingerprint density at radius 1 is 1.18 bits per heavy atom. The van der Waals surface area contributed by atoms with E-state index in [1.54, 1.807) is 0 Å². The quantitative estimate of drug-likeness (QED) is 0.929. The first-order chi connectivity index (χ1) is 10.2. The molecule has 2 aliphatic rings. The molecule has 2 fully saturated rings. The van der Waals surface area contributed by atoms with Gasteiger partial charge in [-0.1, -0.05) is 49.6 Å². The van der Waals surface area contributed by atoms with Crippen LogP contribution in [0.25, 0.3) is 0 Å². The molecule has 1 aromatic carbocycles. The lowest BCUT2D eigenvalue weighted by Crippen LogP contribution is -2.55. The van der Waals surface area contributed by atoms with Gasteiger partial charge in [-0.25, -0.2) is 0 Å². The third-order valence-corrected chi connectivity index (χ3v) is 5.11. The molecule has 1 atom stereocenters. The molecule has 1 heterocycles. The summed E-state index contributed by atoms with van der Waals surface area (Å²) in [4.78, 5) is 14.7. The molecule has 4 heteroatoms. The summed E-state index contributed by atoms with van der Waals surface area (Å²) in [5.74, 6) is 0.793. The van der Waals surface area contributed by atoms with Gasteiger partial charge in [0.25, 0.3) is 0 Å². The van der Waals surface area contributed by atoms with Crippen molar-refractivity contribution in [1.29, 1.82) is 0 Å². The van der Waals surface area contributed by atoms with Crippen LogP contribution in [0.15, 0.2) is 30.3 Å². The van der Waals surface area contributed by atoms with Crippen LogP contribution >= 0.6 is 12.4 Å². The van der Waals surface area contributed by atoms with Gasteiger partial charge < -0.3 is 10.6 Å². The van der Waals surface area contributed by atoms with Crippen molar-refractivity contribution in [3.8, 4) is 0 Å². The number of carbonyl (C=O) groups is 1. The Hall–Kier alpha value is -1.06. The molecular formula is C18H27ClN2O. The standard InChI is InChI=1S/C18H26N2O.ClH/c19-18(10-5-2-6-11-18)17(21)20-12-9-16(14-20)13-15-7-3-1-4-8-15;/h1,3-4,7-8,16H,2,5-6,9-14,19H2;1H. The Morgan fingerprint density at radius 3 is 2.55 bits per heavy atom. The molecule has 0 bridgehead atoms. The molecule has 2 N–H and O–H groups in total. The highest BCUT2D eigenvalue weighted by molar-refractivity contribution is 5.86. The first-order valence-corrected chi connectivity index (χ1v) is 8.29. The number of rotatable bonds is 3. The van der Waals surface area contributed by atoms with E-state index in [1.165, 1.54) is 12.0 Å². The van der Waals surface area contributed by atoms with E-state index < -0.39 is 5.54 Å². The molecule has 1 aromatic rings. The zero-order valence-corrected chi connectivity index (χ0v) is 14.0. The second-order valence-corrected chi connectivity index (χ2v) is 6.81. The Bertz CT molecular complexity index is 485. The zero-order chi connectivity index (χ0) is 14.7. The Kier molecular flexibility index (Phi) is 5.87. The van der Waals surface area contributed by atoms with Gasteiger partial charge in [-0.05, 0) is 37.2 Å². The van der Waals surface area contributed by atoms with Gasteiger partial charge in [0, 0.05) is 13.1 Å².